The standard InChI is InChI=1S/C26H22BrIN2O3S/c1-3-30-25(31)24(34-26(30)29-20-9-11-21(32-2)12-10-20)15-18-6-13-23(22(27)14-18)33-16-17-4-7-19(28)8-5-17/h4-15H,3,16H2,1-2H3/b24-15-,29-26?. The number of benzene rings is 3. The number of likely N-dealkylation sites (N-methyl/N-ethyl adjacent to an activating group) is 1. The minimum atomic E-state index is -0.0464. The topological polar surface area (TPSA) is 51.1 Å². The van der Waals surface area contributed by atoms with Crippen LogP contribution in [0.1, 0.15) is 18.1 Å². The molecule has 1 heterocycles. The molecule has 0 unspecified atom stereocenters. The van der Waals surface area contributed by atoms with Gasteiger partial charge in [0.15, 0.2) is 5.17 Å². The van der Waals surface area contributed by atoms with Crippen molar-refractivity contribution in [1.82, 2.24) is 4.90 Å². The first-order valence-electron chi connectivity index (χ1n) is 10.6. The number of ether oxygens (including phenoxy) is 2. The minimum absolute atomic E-state index is 0.0464. The Morgan fingerprint density at radius 1 is 1.09 bits per heavy atom. The summed E-state index contributed by atoms with van der Waals surface area (Å²) in [4.78, 5) is 20.0. The first-order chi connectivity index (χ1) is 16.5. The summed E-state index contributed by atoms with van der Waals surface area (Å²) in [5, 5.41) is 0.667. The molecule has 1 aliphatic rings. The van der Waals surface area contributed by atoms with Gasteiger partial charge < -0.3 is 9.47 Å². The lowest BCUT2D eigenvalue weighted by atomic mass is 10.2. The van der Waals surface area contributed by atoms with Gasteiger partial charge in [0, 0.05) is 10.1 Å². The number of carbonyl (C=O) groups is 1. The van der Waals surface area contributed by atoms with Crippen LogP contribution in [-0.2, 0) is 11.4 Å². The molecule has 1 amide bonds. The quantitative estimate of drug-likeness (QED) is 0.200. The number of halogens is 2. The number of aliphatic imine (C=N–C) groups is 1. The maximum Gasteiger partial charge on any atom is 0.266 e. The lowest BCUT2D eigenvalue weighted by Crippen LogP contribution is -2.28. The van der Waals surface area contributed by atoms with Crippen LogP contribution < -0.4 is 9.47 Å². The van der Waals surface area contributed by atoms with Gasteiger partial charge in [0.25, 0.3) is 5.91 Å². The van der Waals surface area contributed by atoms with Crippen molar-refractivity contribution in [2.75, 3.05) is 13.7 Å². The SMILES string of the molecule is CCN1C(=O)/C(=C/c2ccc(OCc3ccc(I)cc3)c(Br)c2)SC1=Nc1ccc(OC)cc1. The van der Waals surface area contributed by atoms with E-state index in [4.69, 9.17) is 9.47 Å². The Labute approximate surface area is 225 Å². The Morgan fingerprint density at radius 2 is 1.82 bits per heavy atom. The van der Waals surface area contributed by atoms with E-state index in [-0.39, 0.29) is 5.91 Å². The van der Waals surface area contributed by atoms with Crippen LogP contribution in [0.15, 0.2) is 81.1 Å². The van der Waals surface area contributed by atoms with Crippen molar-refractivity contribution >= 4 is 73.1 Å². The normalized spacial score (nSPS) is 15.9. The zero-order chi connectivity index (χ0) is 24.1. The Bertz CT molecular complexity index is 1240. The van der Waals surface area contributed by atoms with Gasteiger partial charge in [0.2, 0.25) is 0 Å². The molecule has 0 N–H and O–H groups in total. The Balaban J connectivity index is 1.49. The molecule has 5 nitrogen and oxygen atoms in total. The molecular formula is C26H22BrIN2O3S. The number of rotatable bonds is 7. The average molecular weight is 649 g/mol. The average Bonchev–Trinajstić information content (AvgIpc) is 3.13. The van der Waals surface area contributed by atoms with Crippen molar-refractivity contribution in [2.24, 2.45) is 4.99 Å². The molecule has 0 aromatic heterocycles. The number of hydrogen-bond donors (Lipinski definition) is 0. The van der Waals surface area contributed by atoms with E-state index in [1.54, 1.807) is 12.0 Å². The van der Waals surface area contributed by atoms with E-state index in [2.05, 4.69) is 67.8 Å². The lowest BCUT2D eigenvalue weighted by molar-refractivity contribution is -0.122. The monoisotopic (exact) mass is 648 g/mol. The van der Waals surface area contributed by atoms with E-state index in [1.165, 1.54) is 15.3 Å². The molecule has 1 aliphatic heterocycles. The van der Waals surface area contributed by atoms with Crippen molar-refractivity contribution < 1.29 is 14.3 Å². The predicted molar refractivity (Wildman–Crippen MR) is 151 cm³/mol. The number of amides is 1. The summed E-state index contributed by atoms with van der Waals surface area (Å²) in [6, 6.07) is 21.5. The third-order valence-corrected chi connectivity index (χ3v) is 7.41. The molecular weight excluding hydrogens is 627 g/mol. The fourth-order valence-corrected chi connectivity index (χ4v) is 5.19. The first-order valence-corrected chi connectivity index (χ1v) is 13.3. The third kappa shape index (κ3) is 6.03. The number of methoxy groups -OCH3 is 1. The fourth-order valence-electron chi connectivity index (χ4n) is 3.25. The number of carbonyl (C=O) groups excluding carboxylic acids is 1. The highest BCUT2D eigenvalue weighted by molar-refractivity contribution is 14.1. The molecule has 174 valence electrons. The van der Waals surface area contributed by atoms with E-state index in [0.29, 0.717) is 23.2 Å². The molecule has 0 radical (unpaired) electrons. The van der Waals surface area contributed by atoms with Crippen molar-refractivity contribution in [3.8, 4) is 11.5 Å². The second-order valence-corrected chi connectivity index (χ2v) is 10.5. The summed E-state index contributed by atoms with van der Waals surface area (Å²) in [5.41, 5.74) is 2.79. The van der Waals surface area contributed by atoms with Gasteiger partial charge in [-0.3, -0.25) is 9.69 Å². The molecule has 3 aromatic rings. The van der Waals surface area contributed by atoms with Crippen molar-refractivity contribution in [3.63, 3.8) is 0 Å². The Kier molecular flexibility index (Phi) is 8.33. The zero-order valence-electron chi connectivity index (χ0n) is 18.6. The molecule has 1 saturated heterocycles. The second-order valence-electron chi connectivity index (χ2n) is 7.36. The van der Waals surface area contributed by atoms with Crippen molar-refractivity contribution in [3.05, 3.63) is 90.8 Å². The lowest BCUT2D eigenvalue weighted by Gasteiger charge is -2.12. The predicted octanol–water partition coefficient (Wildman–Crippen LogP) is 7.27. The molecule has 0 spiro atoms. The molecule has 0 aliphatic carbocycles. The molecule has 8 heteroatoms. The number of hydrogen-bond acceptors (Lipinski definition) is 5. The number of nitrogens with zero attached hydrogens (tertiary/aromatic N) is 2. The smallest absolute Gasteiger partial charge is 0.266 e. The van der Waals surface area contributed by atoms with Crippen LogP contribution in [0, 0.1) is 3.57 Å². The van der Waals surface area contributed by atoms with Gasteiger partial charge in [-0.05, 0) is 123 Å². The van der Waals surface area contributed by atoms with E-state index in [1.807, 2.05) is 55.5 Å². The van der Waals surface area contributed by atoms with Crippen LogP contribution in [-0.4, -0.2) is 29.6 Å². The van der Waals surface area contributed by atoms with Crippen LogP contribution in [0.4, 0.5) is 5.69 Å². The summed E-state index contributed by atoms with van der Waals surface area (Å²) >= 11 is 7.26. The van der Waals surface area contributed by atoms with E-state index in [0.717, 1.165) is 32.8 Å². The van der Waals surface area contributed by atoms with Gasteiger partial charge in [-0.25, -0.2) is 4.99 Å². The molecule has 4 rings (SSSR count). The second kappa shape index (κ2) is 11.4. The van der Waals surface area contributed by atoms with Crippen LogP contribution in [0.2, 0.25) is 0 Å². The molecule has 0 bridgehead atoms. The van der Waals surface area contributed by atoms with Crippen LogP contribution in [0.3, 0.4) is 0 Å². The summed E-state index contributed by atoms with van der Waals surface area (Å²) in [5.74, 6) is 1.47. The van der Waals surface area contributed by atoms with Gasteiger partial charge in [0.05, 0.1) is 22.2 Å². The summed E-state index contributed by atoms with van der Waals surface area (Å²) in [7, 11) is 1.63. The van der Waals surface area contributed by atoms with Gasteiger partial charge in [-0.2, -0.15) is 0 Å². The Hall–Kier alpha value is -2.30. The van der Waals surface area contributed by atoms with Crippen LogP contribution in [0.25, 0.3) is 6.08 Å². The Morgan fingerprint density at radius 3 is 2.47 bits per heavy atom. The van der Waals surface area contributed by atoms with Gasteiger partial charge in [-0.15, -0.1) is 0 Å². The van der Waals surface area contributed by atoms with Gasteiger partial charge in [0.1, 0.15) is 18.1 Å². The molecule has 1 fully saturated rings. The van der Waals surface area contributed by atoms with Crippen molar-refractivity contribution in [2.45, 2.75) is 13.5 Å². The summed E-state index contributed by atoms with van der Waals surface area (Å²) in [6.45, 7) is 2.98. The van der Waals surface area contributed by atoms with E-state index in [9.17, 15) is 4.79 Å². The molecule has 0 atom stereocenters. The van der Waals surface area contributed by atoms with E-state index < -0.39 is 0 Å². The van der Waals surface area contributed by atoms with Crippen molar-refractivity contribution in [1.29, 1.82) is 0 Å². The van der Waals surface area contributed by atoms with Gasteiger partial charge >= 0.3 is 0 Å². The maximum atomic E-state index is 13.0. The fraction of sp³-hybridized carbons (Fsp3) is 0.154. The van der Waals surface area contributed by atoms with Crippen LogP contribution >= 0.6 is 50.3 Å². The maximum absolute atomic E-state index is 13.0. The summed E-state index contributed by atoms with van der Waals surface area (Å²) < 4.78 is 13.2. The third-order valence-electron chi connectivity index (χ3n) is 5.06. The first kappa shape index (κ1) is 24.8. The largest absolute Gasteiger partial charge is 0.497 e. The molecule has 34 heavy (non-hydrogen) atoms. The molecule has 0 saturated carbocycles. The van der Waals surface area contributed by atoms with Crippen LogP contribution in [0.5, 0.6) is 11.5 Å². The molecule has 3 aromatic carbocycles. The van der Waals surface area contributed by atoms with Gasteiger partial charge in [-0.1, -0.05) is 18.2 Å². The highest BCUT2D eigenvalue weighted by Crippen LogP contribution is 2.35. The highest BCUT2D eigenvalue weighted by atomic mass is 127. The minimum Gasteiger partial charge on any atom is -0.497 e. The highest BCUT2D eigenvalue weighted by Gasteiger charge is 2.32. The summed E-state index contributed by atoms with van der Waals surface area (Å²) in [6.07, 6.45) is 1.89. The number of amidine groups is 1. The number of thioether (sulfide) groups is 1. The zero-order valence-corrected chi connectivity index (χ0v) is 23.2. The van der Waals surface area contributed by atoms with E-state index >= 15 is 0 Å².